The molecule has 0 aromatic rings. The third-order valence-corrected chi connectivity index (χ3v) is 4.15. The van der Waals surface area contributed by atoms with Gasteiger partial charge >= 0.3 is 0 Å². The molecular formula is C13H24N2O2. The normalized spacial score (nSPS) is 26.4. The summed E-state index contributed by atoms with van der Waals surface area (Å²) < 4.78 is 5.34. The van der Waals surface area contributed by atoms with Crippen molar-refractivity contribution < 1.29 is 9.53 Å². The molecule has 1 heterocycles. The molecule has 1 saturated heterocycles. The lowest BCUT2D eigenvalue weighted by molar-refractivity contribution is -0.129. The van der Waals surface area contributed by atoms with Crippen LogP contribution < -0.4 is 11.1 Å². The van der Waals surface area contributed by atoms with Crippen LogP contribution in [-0.4, -0.2) is 30.7 Å². The number of primary amides is 1. The van der Waals surface area contributed by atoms with Gasteiger partial charge in [0.2, 0.25) is 5.91 Å². The van der Waals surface area contributed by atoms with Crippen molar-refractivity contribution in [3.63, 3.8) is 0 Å². The van der Waals surface area contributed by atoms with Crippen molar-refractivity contribution >= 4 is 5.91 Å². The number of carbonyl (C=O) groups is 1. The van der Waals surface area contributed by atoms with Crippen LogP contribution in [0.5, 0.6) is 0 Å². The molecule has 2 aliphatic rings. The number of amides is 1. The summed E-state index contributed by atoms with van der Waals surface area (Å²) in [6.07, 6.45) is 8.98. The van der Waals surface area contributed by atoms with Gasteiger partial charge in [0.15, 0.2) is 0 Å². The van der Waals surface area contributed by atoms with Gasteiger partial charge in [-0.2, -0.15) is 0 Å². The SMILES string of the molecule is NC(=O)C1(NC2CCCCCC2)CCOCC1. The molecule has 0 unspecified atom stereocenters. The van der Waals surface area contributed by atoms with Crippen LogP contribution in [0.2, 0.25) is 0 Å². The van der Waals surface area contributed by atoms with Gasteiger partial charge in [-0.25, -0.2) is 0 Å². The van der Waals surface area contributed by atoms with Gasteiger partial charge in [0.05, 0.1) is 0 Å². The minimum atomic E-state index is -0.507. The van der Waals surface area contributed by atoms with E-state index in [0.29, 0.717) is 19.3 Å². The summed E-state index contributed by atoms with van der Waals surface area (Å²) in [7, 11) is 0. The number of hydrogen-bond donors (Lipinski definition) is 2. The molecule has 2 fully saturated rings. The lowest BCUT2D eigenvalue weighted by Crippen LogP contribution is -2.61. The highest BCUT2D eigenvalue weighted by Gasteiger charge is 2.39. The van der Waals surface area contributed by atoms with Gasteiger partial charge in [0.25, 0.3) is 0 Å². The van der Waals surface area contributed by atoms with Crippen LogP contribution in [0.1, 0.15) is 51.4 Å². The van der Waals surface area contributed by atoms with Crippen LogP contribution in [0, 0.1) is 0 Å². The molecule has 1 aliphatic carbocycles. The zero-order valence-corrected chi connectivity index (χ0v) is 10.5. The predicted octanol–water partition coefficient (Wildman–Crippen LogP) is 1.33. The van der Waals surface area contributed by atoms with Crippen LogP contribution in [0.3, 0.4) is 0 Å². The van der Waals surface area contributed by atoms with E-state index in [2.05, 4.69) is 5.32 Å². The fourth-order valence-corrected chi connectivity index (χ4v) is 3.00. The van der Waals surface area contributed by atoms with Crippen molar-refractivity contribution in [3.05, 3.63) is 0 Å². The molecule has 3 N–H and O–H groups in total. The average molecular weight is 240 g/mol. The maximum Gasteiger partial charge on any atom is 0.237 e. The molecule has 0 aromatic heterocycles. The first-order chi connectivity index (χ1) is 8.23. The van der Waals surface area contributed by atoms with Crippen LogP contribution in [-0.2, 0) is 9.53 Å². The van der Waals surface area contributed by atoms with Crippen molar-refractivity contribution in [2.24, 2.45) is 5.73 Å². The summed E-state index contributed by atoms with van der Waals surface area (Å²) >= 11 is 0. The van der Waals surface area contributed by atoms with Crippen molar-refractivity contribution in [2.45, 2.75) is 62.9 Å². The standard InChI is InChI=1S/C13H24N2O2/c14-12(16)13(7-9-17-10-8-13)15-11-5-3-1-2-4-6-11/h11,15H,1-10H2,(H2,14,16). The Kier molecular flexibility index (Phi) is 4.40. The van der Waals surface area contributed by atoms with E-state index in [-0.39, 0.29) is 5.91 Å². The van der Waals surface area contributed by atoms with E-state index in [1.54, 1.807) is 0 Å². The molecular weight excluding hydrogens is 216 g/mol. The molecule has 0 radical (unpaired) electrons. The molecule has 0 bridgehead atoms. The first kappa shape index (κ1) is 12.8. The molecule has 4 nitrogen and oxygen atoms in total. The number of nitrogens with one attached hydrogen (secondary N) is 1. The van der Waals surface area contributed by atoms with Gasteiger partial charge in [-0.3, -0.25) is 4.79 Å². The van der Waals surface area contributed by atoms with Crippen molar-refractivity contribution in [1.82, 2.24) is 5.32 Å². The minimum absolute atomic E-state index is 0.204. The Morgan fingerprint density at radius 2 is 1.71 bits per heavy atom. The topological polar surface area (TPSA) is 64.4 Å². The second-order valence-electron chi connectivity index (χ2n) is 5.39. The van der Waals surface area contributed by atoms with Gasteiger partial charge in [0.1, 0.15) is 5.54 Å². The maximum atomic E-state index is 11.7. The molecule has 0 spiro atoms. The molecule has 98 valence electrons. The molecule has 1 aliphatic heterocycles. The van der Waals surface area contributed by atoms with Crippen LogP contribution in [0.15, 0.2) is 0 Å². The van der Waals surface area contributed by atoms with Crippen LogP contribution in [0.25, 0.3) is 0 Å². The van der Waals surface area contributed by atoms with Gasteiger partial charge < -0.3 is 15.8 Å². The average Bonchev–Trinajstić information content (AvgIpc) is 2.59. The molecule has 1 saturated carbocycles. The van der Waals surface area contributed by atoms with E-state index in [1.807, 2.05) is 0 Å². The Balaban J connectivity index is 1.98. The summed E-state index contributed by atoms with van der Waals surface area (Å²) in [5, 5.41) is 3.56. The highest BCUT2D eigenvalue weighted by atomic mass is 16.5. The number of ether oxygens (including phenoxy) is 1. The first-order valence-corrected chi connectivity index (χ1v) is 6.88. The van der Waals surface area contributed by atoms with Crippen LogP contribution in [0.4, 0.5) is 0 Å². The highest BCUT2D eigenvalue weighted by molar-refractivity contribution is 5.84. The van der Waals surface area contributed by atoms with E-state index in [1.165, 1.54) is 38.5 Å². The summed E-state index contributed by atoms with van der Waals surface area (Å²) in [6, 6.07) is 0.461. The summed E-state index contributed by atoms with van der Waals surface area (Å²) in [5.41, 5.74) is 5.09. The Labute approximate surface area is 103 Å². The van der Waals surface area contributed by atoms with Gasteiger partial charge in [-0.05, 0) is 25.7 Å². The van der Waals surface area contributed by atoms with E-state index in [0.717, 1.165) is 12.8 Å². The zero-order valence-electron chi connectivity index (χ0n) is 10.5. The van der Waals surface area contributed by atoms with Crippen molar-refractivity contribution in [1.29, 1.82) is 0 Å². The molecule has 0 aromatic carbocycles. The first-order valence-electron chi connectivity index (χ1n) is 6.88. The third-order valence-electron chi connectivity index (χ3n) is 4.15. The molecule has 17 heavy (non-hydrogen) atoms. The highest BCUT2D eigenvalue weighted by Crippen LogP contribution is 2.25. The zero-order chi connectivity index (χ0) is 12.1. The second kappa shape index (κ2) is 5.83. The van der Waals surface area contributed by atoms with E-state index in [4.69, 9.17) is 10.5 Å². The second-order valence-corrected chi connectivity index (χ2v) is 5.39. The molecule has 1 amide bonds. The Morgan fingerprint density at radius 3 is 2.24 bits per heavy atom. The molecule has 2 rings (SSSR count). The maximum absolute atomic E-state index is 11.7. The Hall–Kier alpha value is -0.610. The minimum Gasteiger partial charge on any atom is -0.381 e. The van der Waals surface area contributed by atoms with Gasteiger partial charge in [-0.1, -0.05) is 25.7 Å². The van der Waals surface area contributed by atoms with E-state index in [9.17, 15) is 4.79 Å². The number of rotatable bonds is 3. The number of nitrogens with two attached hydrogens (primary N) is 1. The fraction of sp³-hybridized carbons (Fsp3) is 0.923. The third kappa shape index (κ3) is 3.19. The summed E-state index contributed by atoms with van der Waals surface area (Å²) in [4.78, 5) is 11.7. The van der Waals surface area contributed by atoms with Gasteiger partial charge in [-0.15, -0.1) is 0 Å². The molecule has 4 heteroatoms. The van der Waals surface area contributed by atoms with Gasteiger partial charge in [0, 0.05) is 19.3 Å². The predicted molar refractivity (Wildman–Crippen MR) is 66.6 cm³/mol. The lowest BCUT2D eigenvalue weighted by Gasteiger charge is -2.38. The smallest absolute Gasteiger partial charge is 0.237 e. The summed E-state index contributed by atoms with van der Waals surface area (Å²) in [6.45, 7) is 1.28. The van der Waals surface area contributed by atoms with E-state index < -0.39 is 5.54 Å². The van der Waals surface area contributed by atoms with Crippen molar-refractivity contribution in [3.8, 4) is 0 Å². The largest absolute Gasteiger partial charge is 0.381 e. The van der Waals surface area contributed by atoms with E-state index >= 15 is 0 Å². The number of hydrogen-bond acceptors (Lipinski definition) is 3. The number of carbonyl (C=O) groups excluding carboxylic acids is 1. The Bertz CT molecular complexity index is 254. The monoisotopic (exact) mass is 240 g/mol. The van der Waals surface area contributed by atoms with Crippen LogP contribution >= 0.6 is 0 Å². The fourth-order valence-electron chi connectivity index (χ4n) is 3.00. The Morgan fingerprint density at radius 1 is 1.12 bits per heavy atom. The van der Waals surface area contributed by atoms with Crippen molar-refractivity contribution in [2.75, 3.05) is 13.2 Å². The summed E-state index contributed by atoms with van der Waals surface area (Å²) in [5.74, 6) is -0.204. The quantitative estimate of drug-likeness (QED) is 0.732. The molecule has 0 atom stereocenters. The lowest BCUT2D eigenvalue weighted by atomic mass is 9.87.